The quantitative estimate of drug-likeness (QED) is 0.596. The summed E-state index contributed by atoms with van der Waals surface area (Å²) in [7, 11) is 0. The zero-order chi connectivity index (χ0) is 17.3. The summed E-state index contributed by atoms with van der Waals surface area (Å²) in [4.78, 5) is 25.2. The van der Waals surface area contributed by atoms with Crippen molar-refractivity contribution in [2.45, 2.75) is 6.92 Å². The SMILES string of the molecule is C#CCN1C(=O)S/C(=C\c2ccc(-c3cc(Cl)ccc3C)o2)C1=O. The van der Waals surface area contributed by atoms with Gasteiger partial charge in [0.2, 0.25) is 0 Å². The van der Waals surface area contributed by atoms with E-state index >= 15 is 0 Å². The molecule has 0 N–H and O–H groups in total. The van der Waals surface area contributed by atoms with Gasteiger partial charge in [0.25, 0.3) is 11.1 Å². The number of nitrogens with zero attached hydrogens (tertiary/aromatic N) is 1. The predicted octanol–water partition coefficient (Wildman–Crippen LogP) is 4.58. The second-order valence-electron chi connectivity index (χ2n) is 5.13. The molecule has 1 fully saturated rings. The average molecular weight is 358 g/mol. The van der Waals surface area contributed by atoms with Crippen molar-refractivity contribution in [2.24, 2.45) is 0 Å². The van der Waals surface area contributed by atoms with Gasteiger partial charge in [-0.1, -0.05) is 23.6 Å². The molecule has 1 aromatic heterocycles. The van der Waals surface area contributed by atoms with Gasteiger partial charge >= 0.3 is 0 Å². The van der Waals surface area contributed by atoms with Gasteiger partial charge in [0.15, 0.2) is 0 Å². The number of thioether (sulfide) groups is 1. The van der Waals surface area contributed by atoms with Crippen LogP contribution in [0.15, 0.2) is 39.7 Å². The van der Waals surface area contributed by atoms with E-state index in [4.69, 9.17) is 22.4 Å². The number of benzene rings is 1. The Morgan fingerprint density at radius 2 is 2.12 bits per heavy atom. The highest BCUT2D eigenvalue weighted by atomic mass is 35.5. The number of terminal acetylenes is 1. The number of furan rings is 1. The van der Waals surface area contributed by atoms with Crippen LogP contribution in [0.5, 0.6) is 0 Å². The molecule has 2 amide bonds. The average Bonchev–Trinajstić information content (AvgIpc) is 3.11. The summed E-state index contributed by atoms with van der Waals surface area (Å²) in [5.41, 5.74) is 1.90. The highest BCUT2D eigenvalue weighted by Crippen LogP contribution is 2.34. The summed E-state index contributed by atoms with van der Waals surface area (Å²) < 4.78 is 5.78. The minimum atomic E-state index is -0.403. The van der Waals surface area contributed by atoms with Gasteiger partial charge < -0.3 is 4.42 Å². The predicted molar refractivity (Wildman–Crippen MR) is 95.4 cm³/mol. The Bertz CT molecular complexity index is 907. The van der Waals surface area contributed by atoms with Crippen LogP contribution in [0.4, 0.5) is 4.79 Å². The minimum absolute atomic E-state index is 0.0346. The largest absolute Gasteiger partial charge is 0.457 e. The van der Waals surface area contributed by atoms with E-state index in [-0.39, 0.29) is 11.8 Å². The van der Waals surface area contributed by atoms with Crippen LogP contribution < -0.4 is 0 Å². The molecule has 0 atom stereocenters. The molecule has 0 unspecified atom stereocenters. The van der Waals surface area contributed by atoms with Gasteiger partial charge in [-0.15, -0.1) is 6.42 Å². The molecule has 1 saturated heterocycles. The normalized spacial score (nSPS) is 16.0. The molecule has 0 aliphatic carbocycles. The fraction of sp³-hybridized carbons (Fsp3) is 0.111. The molecule has 120 valence electrons. The molecule has 0 bridgehead atoms. The van der Waals surface area contributed by atoms with Crippen LogP contribution in [0.2, 0.25) is 5.02 Å². The van der Waals surface area contributed by atoms with Crippen LogP contribution >= 0.6 is 23.4 Å². The molecule has 1 aliphatic rings. The van der Waals surface area contributed by atoms with E-state index in [1.807, 2.05) is 25.1 Å². The van der Waals surface area contributed by atoms with Crippen LogP contribution in [0.25, 0.3) is 17.4 Å². The molecule has 1 aromatic carbocycles. The number of carbonyl (C=O) groups excluding carboxylic acids is 2. The lowest BCUT2D eigenvalue weighted by Gasteiger charge is -2.06. The molecule has 0 radical (unpaired) electrons. The van der Waals surface area contributed by atoms with E-state index in [1.54, 1.807) is 18.2 Å². The molecule has 6 heteroatoms. The number of hydrogen-bond acceptors (Lipinski definition) is 4. The van der Waals surface area contributed by atoms with Crippen molar-refractivity contribution in [1.82, 2.24) is 4.90 Å². The van der Waals surface area contributed by atoms with Crippen LogP contribution in [0.3, 0.4) is 0 Å². The van der Waals surface area contributed by atoms with E-state index in [1.165, 1.54) is 0 Å². The van der Waals surface area contributed by atoms with Crippen LogP contribution in [-0.4, -0.2) is 22.6 Å². The maximum Gasteiger partial charge on any atom is 0.294 e. The molecule has 2 heterocycles. The van der Waals surface area contributed by atoms with Crippen molar-refractivity contribution in [3.05, 3.63) is 51.6 Å². The van der Waals surface area contributed by atoms with Gasteiger partial charge in [0, 0.05) is 16.7 Å². The third-order valence-electron chi connectivity index (χ3n) is 3.49. The highest BCUT2D eigenvalue weighted by molar-refractivity contribution is 8.18. The second kappa shape index (κ2) is 6.60. The molecule has 0 saturated carbocycles. The molecule has 4 nitrogen and oxygen atoms in total. The summed E-state index contributed by atoms with van der Waals surface area (Å²) in [6, 6.07) is 9.08. The van der Waals surface area contributed by atoms with Crippen molar-refractivity contribution < 1.29 is 14.0 Å². The van der Waals surface area contributed by atoms with Crippen molar-refractivity contribution in [2.75, 3.05) is 6.54 Å². The number of hydrogen-bond donors (Lipinski definition) is 0. The topological polar surface area (TPSA) is 50.5 Å². The van der Waals surface area contributed by atoms with Crippen LogP contribution in [0.1, 0.15) is 11.3 Å². The smallest absolute Gasteiger partial charge is 0.294 e. The lowest BCUT2D eigenvalue weighted by Crippen LogP contribution is -2.28. The van der Waals surface area contributed by atoms with Gasteiger partial charge in [-0.05, 0) is 48.5 Å². The molecule has 3 rings (SSSR count). The van der Waals surface area contributed by atoms with E-state index in [0.29, 0.717) is 21.4 Å². The van der Waals surface area contributed by atoms with Crippen LogP contribution in [-0.2, 0) is 4.79 Å². The lowest BCUT2D eigenvalue weighted by molar-refractivity contribution is -0.122. The van der Waals surface area contributed by atoms with Crippen molar-refractivity contribution in [3.8, 4) is 23.7 Å². The zero-order valence-corrected chi connectivity index (χ0v) is 14.3. The van der Waals surface area contributed by atoms with E-state index < -0.39 is 5.91 Å². The Labute approximate surface area is 148 Å². The monoisotopic (exact) mass is 357 g/mol. The van der Waals surface area contributed by atoms with E-state index in [0.717, 1.165) is 27.8 Å². The third kappa shape index (κ3) is 3.12. The standard InChI is InChI=1S/C18H12ClNO3S/c1-3-8-20-17(21)16(24-18(20)22)10-13-6-7-15(23-13)14-9-12(19)5-4-11(14)2/h1,4-7,9-10H,8H2,2H3/b16-10-. The Balaban J connectivity index is 1.89. The molecule has 0 spiro atoms. The number of halogens is 1. The minimum Gasteiger partial charge on any atom is -0.457 e. The van der Waals surface area contributed by atoms with Crippen molar-refractivity contribution in [3.63, 3.8) is 0 Å². The number of imide groups is 1. The summed E-state index contributed by atoms with van der Waals surface area (Å²) >= 11 is 6.88. The fourth-order valence-corrected chi connectivity index (χ4v) is 3.28. The number of amides is 2. The van der Waals surface area contributed by atoms with Gasteiger partial charge in [-0.25, -0.2) is 0 Å². The van der Waals surface area contributed by atoms with Gasteiger partial charge in [0.05, 0.1) is 11.4 Å². The third-order valence-corrected chi connectivity index (χ3v) is 4.63. The summed E-state index contributed by atoms with van der Waals surface area (Å²) in [5.74, 6) is 3.02. The Morgan fingerprint density at radius 1 is 1.33 bits per heavy atom. The first-order valence-corrected chi connectivity index (χ1v) is 8.24. The second-order valence-corrected chi connectivity index (χ2v) is 6.56. The van der Waals surface area contributed by atoms with E-state index in [9.17, 15) is 9.59 Å². The maximum atomic E-state index is 12.1. The van der Waals surface area contributed by atoms with Gasteiger partial charge in [-0.3, -0.25) is 14.5 Å². The first kappa shape index (κ1) is 16.4. The maximum absolute atomic E-state index is 12.1. The van der Waals surface area contributed by atoms with E-state index in [2.05, 4.69) is 5.92 Å². The Morgan fingerprint density at radius 3 is 2.88 bits per heavy atom. The fourth-order valence-electron chi connectivity index (χ4n) is 2.29. The Hall–Kier alpha value is -2.42. The number of rotatable bonds is 3. The molecule has 2 aromatic rings. The molecular formula is C18H12ClNO3S. The molecule has 1 aliphatic heterocycles. The zero-order valence-electron chi connectivity index (χ0n) is 12.7. The number of carbonyl (C=O) groups is 2. The van der Waals surface area contributed by atoms with Crippen LogP contribution in [0, 0.1) is 19.3 Å². The molecular weight excluding hydrogens is 346 g/mol. The van der Waals surface area contributed by atoms with Gasteiger partial charge in [-0.2, -0.15) is 0 Å². The lowest BCUT2D eigenvalue weighted by atomic mass is 10.1. The molecule has 24 heavy (non-hydrogen) atoms. The van der Waals surface area contributed by atoms with Crippen molar-refractivity contribution in [1.29, 1.82) is 0 Å². The first-order valence-electron chi connectivity index (χ1n) is 7.05. The highest BCUT2D eigenvalue weighted by Gasteiger charge is 2.34. The van der Waals surface area contributed by atoms with Gasteiger partial charge in [0.1, 0.15) is 11.5 Å². The Kier molecular flexibility index (Phi) is 4.52. The van der Waals surface area contributed by atoms with Crippen molar-refractivity contribution >= 4 is 40.6 Å². The first-order chi connectivity index (χ1) is 11.5. The summed E-state index contributed by atoms with van der Waals surface area (Å²) in [6.07, 6.45) is 6.72. The summed E-state index contributed by atoms with van der Waals surface area (Å²) in [6.45, 7) is 1.92. The number of aryl methyl sites for hydroxylation is 1. The summed E-state index contributed by atoms with van der Waals surface area (Å²) in [5, 5.41) is 0.241.